The summed E-state index contributed by atoms with van der Waals surface area (Å²) >= 11 is 7.46. The minimum atomic E-state index is -0.0743. The molecule has 0 heterocycles. The predicted octanol–water partition coefficient (Wildman–Crippen LogP) is 2.62. The molecule has 4 nitrogen and oxygen atoms in total. The molecule has 1 atom stereocenters. The summed E-state index contributed by atoms with van der Waals surface area (Å²) < 4.78 is 5.16. The standard InChI is InChI=1S/C13H19ClN2O2S/c1-9(6-15)7-19-8-13(17)16-11-5-10(14)3-4-12(11)18-2/h3-5,9H,6-8,15H2,1-2H3,(H,16,17). The van der Waals surface area contributed by atoms with Crippen molar-refractivity contribution in [3.8, 4) is 5.75 Å². The third kappa shape index (κ3) is 5.72. The van der Waals surface area contributed by atoms with Crippen LogP contribution in [0.1, 0.15) is 6.92 Å². The summed E-state index contributed by atoms with van der Waals surface area (Å²) in [6.07, 6.45) is 0. The summed E-state index contributed by atoms with van der Waals surface area (Å²) in [7, 11) is 1.55. The molecule has 0 aliphatic rings. The summed E-state index contributed by atoms with van der Waals surface area (Å²) in [5.74, 6) is 2.20. The Morgan fingerprint density at radius 2 is 2.32 bits per heavy atom. The molecule has 106 valence electrons. The highest BCUT2D eigenvalue weighted by molar-refractivity contribution is 7.99. The zero-order valence-electron chi connectivity index (χ0n) is 11.1. The normalized spacial score (nSPS) is 12.0. The number of hydrogen-bond acceptors (Lipinski definition) is 4. The van der Waals surface area contributed by atoms with Crippen molar-refractivity contribution in [2.75, 3.05) is 30.5 Å². The number of amides is 1. The van der Waals surface area contributed by atoms with Crippen LogP contribution in [0.3, 0.4) is 0 Å². The van der Waals surface area contributed by atoms with Gasteiger partial charge < -0.3 is 15.8 Å². The number of benzene rings is 1. The van der Waals surface area contributed by atoms with Crippen LogP contribution in [0.4, 0.5) is 5.69 Å². The van der Waals surface area contributed by atoms with E-state index in [2.05, 4.69) is 12.2 Å². The van der Waals surface area contributed by atoms with E-state index in [1.807, 2.05) is 0 Å². The van der Waals surface area contributed by atoms with Gasteiger partial charge in [0.1, 0.15) is 5.75 Å². The number of rotatable bonds is 7. The first-order valence-electron chi connectivity index (χ1n) is 5.98. The molecule has 0 saturated carbocycles. The predicted molar refractivity (Wildman–Crippen MR) is 82.2 cm³/mol. The molecule has 0 aliphatic heterocycles. The minimum absolute atomic E-state index is 0.0743. The number of hydrogen-bond donors (Lipinski definition) is 2. The third-order valence-electron chi connectivity index (χ3n) is 2.47. The first kappa shape index (κ1) is 16.1. The van der Waals surface area contributed by atoms with Crippen LogP contribution < -0.4 is 15.8 Å². The molecule has 1 amide bonds. The molecule has 1 aromatic rings. The van der Waals surface area contributed by atoms with Crippen LogP contribution in [-0.2, 0) is 4.79 Å². The molecule has 19 heavy (non-hydrogen) atoms. The lowest BCUT2D eigenvalue weighted by atomic mass is 10.2. The molecule has 1 aromatic carbocycles. The Morgan fingerprint density at radius 3 is 2.95 bits per heavy atom. The Labute approximate surface area is 123 Å². The SMILES string of the molecule is COc1ccc(Cl)cc1NC(=O)CSCC(C)CN. The highest BCUT2D eigenvalue weighted by Crippen LogP contribution is 2.27. The van der Waals surface area contributed by atoms with Crippen molar-refractivity contribution in [1.29, 1.82) is 0 Å². The van der Waals surface area contributed by atoms with Gasteiger partial charge in [0, 0.05) is 5.02 Å². The van der Waals surface area contributed by atoms with Gasteiger partial charge in [-0.15, -0.1) is 0 Å². The van der Waals surface area contributed by atoms with Crippen LogP contribution in [0, 0.1) is 5.92 Å². The number of methoxy groups -OCH3 is 1. The van der Waals surface area contributed by atoms with Gasteiger partial charge in [0.2, 0.25) is 5.91 Å². The fourth-order valence-electron chi connectivity index (χ4n) is 1.39. The average molecular weight is 303 g/mol. The highest BCUT2D eigenvalue weighted by Gasteiger charge is 2.09. The maximum absolute atomic E-state index is 11.8. The number of nitrogens with one attached hydrogen (secondary N) is 1. The van der Waals surface area contributed by atoms with E-state index in [4.69, 9.17) is 22.1 Å². The van der Waals surface area contributed by atoms with Gasteiger partial charge in [-0.2, -0.15) is 11.8 Å². The van der Waals surface area contributed by atoms with Crippen molar-refractivity contribution >= 4 is 35.0 Å². The number of anilines is 1. The summed E-state index contributed by atoms with van der Waals surface area (Å²) in [6.45, 7) is 2.70. The molecule has 3 N–H and O–H groups in total. The molecule has 6 heteroatoms. The number of carbonyl (C=O) groups excluding carboxylic acids is 1. The Hall–Kier alpha value is -0.910. The van der Waals surface area contributed by atoms with Gasteiger partial charge in [-0.3, -0.25) is 4.79 Å². The second kappa shape index (κ2) is 8.30. The number of ether oxygens (including phenoxy) is 1. The maximum atomic E-state index is 11.8. The van der Waals surface area contributed by atoms with E-state index >= 15 is 0 Å². The molecule has 0 saturated heterocycles. The van der Waals surface area contributed by atoms with Crippen molar-refractivity contribution in [2.45, 2.75) is 6.92 Å². The zero-order chi connectivity index (χ0) is 14.3. The lowest BCUT2D eigenvalue weighted by Crippen LogP contribution is -2.17. The van der Waals surface area contributed by atoms with Crippen molar-refractivity contribution in [3.63, 3.8) is 0 Å². The molecule has 0 spiro atoms. The first-order valence-corrected chi connectivity index (χ1v) is 7.51. The number of nitrogens with two attached hydrogens (primary N) is 1. The van der Waals surface area contributed by atoms with Gasteiger partial charge in [0.15, 0.2) is 0 Å². The van der Waals surface area contributed by atoms with Crippen LogP contribution in [0.5, 0.6) is 5.75 Å². The van der Waals surface area contributed by atoms with Crippen molar-refractivity contribution in [1.82, 2.24) is 0 Å². The van der Waals surface area contributed by atoms with E-state index in [0.717, 1.165) is 5.75 Å². The minimum Gasteiger partial charge on any atom is -0.495 e. The van der Waals surface area contributed by atoms with Crippen LogP contribution in [0.15, 0.2) is 18.2 Å². The van der Waals surface area contributed by atoms with Crippen LogP contribution in [0.25, 0.3) is 0 Å². The third-order valence-corrected chi connectivity index (χ3v) is 3.98. The largest absolute Gasteiger partial charge is 0.495 e. The van der Waals surface area contributed by atoms with Crippen molar-refractivity contribution in [2.24, 2.45) is 11.7 Å². The maximum Gasteiger partial charge on any atom is 0.234 e. The number of carbonyl (C=O) groups is 1. The topological polar surface area (TPSA) is 64.3 Å². The monoisotopic (exact) mass is 302 g/mol. The van der Waals surface area contributed by atoms with Gasteiger partial charge in [-0.25, -0.2) is 0 Å². The fourth-order valence-corrected chi connectivity index (χ4v) is 2.47. The fraction of sp³-hybridized carbons (Fsp3) is 0.462. The van der Waals surface area contributed by atoms with E-state index in [0.29, 0.717) is 34.7 Å². The van der Waals surface area contributed by atoms with Crippen molar-refractivity contribution < 1.29 is 9.53 Å². The molecular weight excluding hydrogens is 284 g/mol. The summed E-state index contributed by atoms with van der Waals surface area (Å²) in [5, 5.41) is 3.35. The Balaban J connectivity index is 2.50. The summed E-state index contributed by atoms with van der Waals surface area (Å²) in [6, 6.07) is 5.11. The second-order valence-corrected chi connectivity index (χ2v) is 5.72. The number of thioether (sulfide) groups is 1. The average Bonchev–Trinajstić information content (AvgIpc) is 2.38. The van der Waals surface area contributed by atoms with Gasteiger partial charge in [0.05, 0.1) is 18.6 Å². The molecule has 0 aliphatic carbocycles. The smallest absolute Gasteiger partial charge is 0.234 e. The van der Waals surface area contributed by atoms with E-state index < -0.39 is 0 Å². The molecule has 0 fully saturated rings. The number of halogens is 1. The van der Waals surface area contributed by atoms with E-state index in [1.165, 1.54) is 0 Å². The lowest BCUT2D eigenvalue weighted by molar-refractivity contribution is -0.113. The first-order chi connectivity index (χ1) is 9.06. The molecule has 1 unspecified atom stereocenters. The molecular formula is C13H19ClN2O2S. The zero-order valence-corrected chi connectivity index (χ0v) is 12.7. The molecule has 1 rings (SSSR count). The summed E-state index contributed by atoms with van der Waals surface area (Å²) in [4.78, 5) is 11.8. The molecule has 0 aromatic heterocycles. The highest BCUT2D eigenvalue weighted by atomic mass is 35.5. The van der Waals surface area contributed by atoms with Crippen LogP contribution in [-0.4, -0.2) is 31.1 Å². The lowest BCUT2D eigenvalue weighted by Gasteiger charge is -2.11. The van der Waals surface area contributed by atoms with Gasteiger partial charge in [-0.1, -0.05) is 18.5 Å². The Morgan fingerprint density at radius 1 is 1.58 bits per heavy atom. The quantitative estimate of drug-likeness (QED) is 0.812. The molecule has 0 bridgehead atoms. The van der Waals surface area contributed by atoms with Crippen molar-refractivity contribution in [3.05, 3.63) is 23.2 Å². The van der Waals surface area contributed by atoms with E-state index in [-0.39, 0.29) is 5.91 Å². The summed E-state index contributed by atoms with van der Waals surface area (Å²) in [5.41, 5.74) is 6.11. The van der Waals surface area contributed by atoms with Gasteiger partial charge in [0.25, 0.3) is 0 Å². The van der Waals surface area contributed by atoms with E-state index in [1.54, 1.807) is 37.1 Å². The van der Waals surface area contributed by atoms with Crippen LogP contribution in [0.2, 0.25) is 5.02 Å². The van der Waals surface area contributed by atoms with Gasteiger partial charge >= 0.3 is 0 Å². The van der Waals surface area contributed by atoms with E-state index in [9.17, 15) is 4.79 Å². The molecule has 0 radical (unpaired) electrons. The van der Waals surface area contributed by atoms with Gasteiger partial charge in [-0.05, 0) is 36.4 Å². The second-order valence-electron chi connectivity index (χ2n) is 4.25. The Kier molecular flexibility index (Phi) is 7.05. The van der Waals surface area contributed by atoms with Crippen LogP contribution >= 0.6 is 23.4 Å². The Bertz CT molecular complexity index is 429.